The summed E-state index contributed by atoms with van der Waals surface area (Å²) in [6.45, 7) is 2.01. The van der Waals surface area contributed by atoms with E-state index in [4.69, 9.17) is 20.8 Å². The first-order chi connectivity index (χ1) is 9.60. The monoisotopic (exact) mass is 293 g/mol. The maximum Gasteiger partial charge on any atom is 0.340 e. The van der Waals surface area contributed by atoms with E-state index < -0.39 is 5.97 Å². The number of hydrogen-bond donors (Lipinski definition) is 1. The standard InChI is InChI=1S/C15H16ClNO3/c1-10(8-12-4-3-7-20-12)17-14-6-5-11(16)9-13(14)15(18)19-2/h3-7,9-10,17H,8H2,1-2H3. The van der Waals surface area contributed by atoms with Gasteiger partial charge in [0.2, 0.25) is 0 Å². The minimum atomic E-state index is -0.416. The molecule has 106 valence electrons. The summed E-state index contributed by atoms with van der Waals surface area (Å²) in [6.07, 6.45) is 2.36. The summed E-state index contributed by atoms with van der Waals surface area (Å²) in [5, 5.41) is 3.77. The summed E-state index contributed by atoms with van der Waals surface area (Å²) in [7, 11) is 1.35. The Morgan fingerprint density at radius 2 is 2.25 bits per heavy atom. The Bertz CT molecular complexity index is 581. The van der Waals surface area contributed by atoms with Gasteiger partial charge in [0.15, 0.2) is 0 Å². The molecule has 1 aromatic carbocycles. The van der Waals surface area contributed by atoms with Crippen LogP contribution in [0.4, 0.5) is 5.69 Å². The molecule has 1 aromatic heterocycles. The fourth-order valence-corrected chi connectivity index (χ4v) is 2.14. The van der Waals surface area contributed by atoms with Crippen LogP contribution < -0.4 is 5.32 Å². The summed E-state index contributed by atoms with van der Waals surface area (Å²) in [5.74, 6) is 0.471. The lowest BCUT2D eigenvalue weighted by molar-refractivity contribution is 0.0602. The highest BCUT2D eigenvalue weighted by Crippen LogP contribution is 2.22. The summed E-state index contributed by atoms with van der Waals surface area (Å²) >= 11 is 5.92. The van der Waals surface area contributed by atoms with Crippen LogP contribution in [0.25, 0.3) is 0 Å². The molecule has 1 atom stereocenters. The molecule has 0 radical (unpaired) electrons. The van der Waals surface area contributed by atoms with Gasteiger partial charge in [-0.2, -0.15) is 0 Å². The second-order valence-corrected chi connectivity index (χ2v) is 4.95. The van der Waals surface area contributed by atoms with Gasteiger partial charge in [-0.05, 0) is 37.3 Å². The third-order valence-corrected chi connectivity index (χ3v) is 3.11. The highest BCUT2D eigenvalue weighted by atomic mass is 35.5. The molecule has 20 heavy (non-hydrogen) atoms. The van der Waals surface area contributed by atoms with Crippen LogP contribution in [-0.4, -0.2) is 19.1 Å². The van der Waals surface area contributed by atoms with Crippen molar-refractivity contribution in [1.82, 2.24) is 0 Å². The van der Waals surface area contributed by atoms with Gasteiger partial charge in [-0.1, -0.05) is 11.6 Å². The molecule has 0 saturated carbocycles. The van der Waals surface area contributed by atoms with Crippen LogP contribution in [0.5, 0.6) is 0 Å². The number of methoxy groups -OCH3 is 1. The molecule has 1 N–H and O–H groups in total. The van der Waals surface area contributed by atoms with Crippen LogP contribution in [0, 0.1) is 0 Å². The van der Waals surface area contributed by atoms with Gasteiger partial charge in [0.05, 0.1) is 18.9 Å². The molecule has 0 aliphatic rings. The van der Waals surface area contributed by atoms with Crippen LogP contribution in [-0.2, 0) is 11.2 Å². The van der Waals surface area contributed by atoms with Crippen molar-refractivity contribution in [2.45, 2.75) is 19.4 Å². The molecule has 4 nitrogen and oxygen atoms in total. The first-order valence-corrected chi connectivity index (χ1v) is 6.64. The van der Waals surface area contributed by atoms with Crippen LogP contribution in [0.1, 0.15) is 23.0 Å². The SMILES string of the molecule is COC(=O)c1cc(Cl)ccc1NC(C)Cc1ccco1. The minimum Gasteiger partial charge on any atom is -0.469 e. The van der Waals surface area contributed by atoms with Crippen molar-refractivity contribution in [3.8, 4) is 0 Å². The number of anilines is 1. The zero-order valence-corrected chi connectivity index (χ0v) is 12.1. The molecule has 0 aliphatic heterocycles. The number of carbonyl (C=O) groups is 1. The van der Waals surface area contributed by atoms with E-state index in [0.29, 0.717) is 16.3 Å². The van der Waals surface area contributed by atoms with Gasteiger partial charge < -0.3 is 14.5 Å². The van der Waals surface area contributed by atoms with Gasteiger partial charge in [-0.25, -0.2) is 4.79 Å². The van der Waals surface area contributed by atoms with E-state index in [-0.39, 0.29) is 6.04 Å². The predicted molar refractivity (Wildman–Crippen MR) is 78.3 cm³/mol. The number of ether oxygens (including phenoxy) is 1. The Morgan fingerprint density at radius 3 is 2.90 bits per heavy atom. The number of rotatable bonds is 5. The van der Waals surface area contributed by atoms with Gasteiger partial charge in [0.1, 0.15) is 5.76 Å². The Kier molecular flexibility index (Phi) is 4.69. The molecule has 2 rings (SSSR count). The fraction of sp³-hybridized carbons (Fsp3) is 0.267. The normalized spacial score (nSPS) is 11.9. The summed E-state index contributed by atoms with van der Waals surface area (Å²) in [4.78, 5) is 11.7. The Labute approximate surface area is 122 Å². The highest BCUT2D eigenvalue weighted by Gasteiger charge is 2.14. The third-order valence-electron chi connectivity index (χ3n) is 2.88. The van der Waals surface area contributed by atoms with E-state index in [1.165, 1.54) is 7.11 Å². The van der Waals surface area contributed by atoms with Crippen molar-refractivity contribution >= 4 is 23.3 Å². The van der Waals surface area contributed by atoms with Gasteiger partial charge in [-0.15, -0.1) is 0 Å². The lowest BCUT2D eigenvalue weighted by Gasteiger charge is -2.16. The average Bonchev–Trinajstić information content (AvgIpc) is 2.92. The summed E-state index contributed by atoms with van der Waals surface area (Å²) in [6, 6.07) is 8.97. The number of hydrogen-bond acceptors (Lipinski definition) is 4. The summed E-state index contributed by atoms with van der Waals surface area (Å²) < 4.78 is 10.1. The molecule has 2 aromatic rings. The zero-order chi connectivity index (χ0) is 14.5. The Balaban J connectivity index is 2.14. The van der Waals surface area contributed by atoms with E-state index in [1.54, 1.807) is 24.5 Å². The predicted octanol–water partition coefficient (Wildman–Crippen LogP) is 3.76. The lowest BCUT2D eigenvalue weighted by Crippen LogP contribution is -2.20. The van der Waals surface area contributed by atoms with Gasteiger partial charge in [0, 0.05) is 23.2 Å². The number of benzene rings is 1. The van der Waals surface area contributed by atoms with Crippen molar-refractivity contribution < 1.29 is 13.9 Å². The first kappa shape index (κ1) is 14.5. The van der Waals surface area contributed by atoms with Gasteiger partial charge >= 0.3 is 5.97 Å². The van der Waals surface area contributed by atoms with Crippen molar-refractivity contribution in [2.24, 2.45) is 0 Å². The number of nitrogens with one attached hydrogen (secondary N) is 1. The van der Waals surface area contributed by atoms with E-state index >= 15 is 0 Å². The molecule has 0 aliphatic carbocycles. The van der Waals surface area contributed by atoms with Crippen molar-refractivity contribution in [1.29, 1.82) is 0 Å². The van der Waals surface area contributed by atoms with E-state index in [2.05, 4.69) is 5.32 Å². The van der Waals surface area contributed by atoms with E-state index in [0.717, 1.165) is 12.2 Å². The minimum absolute atomic E-state index is 0.103. The molecule has 0 saturated heterocycles. The van der Waals surface area contributed by atoms with E-state index in [9.17, 15) is 4.79 Å². The fourth-order valence-electron chi connectivity index (χ4n) is 1.97. The van der Waals surface area contributed by atoms with Crippen LogP contribution in [0.3, 0.4) is 0 Å². The molecule has 0 spiro atoms. The van der Waals surface area contributed by atoms with Gasteiger partial charge in [0.25, 0.3) is 0 Å². The molecule has 0 fully saturated rings. The smallest absolute Gasteiger partial charge is 0.340 e. The average molecular weight is 294 g/mol. The maximum absolute atomic E-state index is 11.7. The number of esters is 1. The lowest BCUT2D eigenvalue weighted by atomic mass is 10.1. The molecular weight excluding hydrogens is 278 g/mol. The van der Waals surface area contributed by atoms with E-state index in [1.807, 2.05) is 19.1 Å². The topological polar surface area (TPSA) is 51.5 Å². The van der Waals surface area contributed by atoms with Crippen LogP contribution >= 0.6 is 11.6 Å². The van der Waals surface area contributed by atoms with Crippen molar-refractivity contribution in [3.05, 3.63) is 52.9 Å². The molecular formula is C15H16ClNO3. The molecule has 1 unspecified atom stereocenters. The number of halogens is 1. The largest absolute Gasteiger partial charge is 0.469 e. The second-order valence-electron chi connectivity index (χ2n) is 4.51. The molecule has 1 heterocycles. The van der Waals surface area contributed by atoms with Crippen LogP contribution in [0.2, 0.25) is 5.02 Å². The van der Waals surface area contributed by atoms with Crippen LogP contribution in [0.15, 0.2) is 41.0 Å². The Morgan fingerprint density at radius 1 is 1.45 bits per heavy atom. The van der Waals surface area contributed by atoms with Crippen molar-refractivity contribution in [3.63, 3.8) is 0 Å². The molecule has 5 heteroatoms. The molecule has 0 bridgehead atoms. The number of furan rings is 1. The van der Waals surface area contributed by atoms with Crippen molar-refractivity contribution in [2.75, 3.05) is 12.4 Å². The Hall–Kier alpha value is -1.94. The van der Waals surface area contributed by atoms with Gasteiger partial charge in [-0.3, -0.25) is 0 Å². The quantitative estimate of drug-likeness (QED) is 0.853. The third kappa shape index (κ3) is 3.54. The first-order valence-electron chi connectivity index (χ1n) is 6.27. The second kappa shape index (κ2) is 6.48. The number of carbonyl (C=O) groups excluding carboxylic acids is 1. The maximum atomic E-state index is 11.7. The zero-order valence-electron chi connectivity index (χ0n) is 11.4. The summed E-state index contributed by atoms with van der Waals surface area (Å²) in [5.41, 5.74) is 1.12. The molecule has 0 amide bonds. The highest BCUT2D eigenvalue weighted by molar-refractivity contribution is 6.31.